The Labute approximate surface area is 161 Å². The largest absolute Gasteiger partial charge is 0.490 e. The van der Waals surface area contributed by atoms with Gasteiger partial charge in [0.2, 0.25) is 0 Å². The van der Waals surface area contributed by atoms with E-state index >= 15 is 0 Å². The highest BCUT2D eigenvalue weighted by molar-refractivity contribution is 5.73. The molecular formula is C22H29NO4. The maximum atomic E-state index is 11.6. The number of carbonyl (C=O) groups is 1. The van der Waals surface area contributed by atoms with Crippen LogP contribution in [0.15, 0.2) is 48.5 Å². The Balaban J connectivity index is 2.03. The average molecular weight is 371 g/mol. The molecule has 0 unspecified atom stereocenters. The van der Waals surface area contributed by atoms with E-state index in [2.05, 4.69) is 19.2 Å². The van der Waals surface area contributed by atoms with Crippen molar-refractivity contribution in [1.29, 1.82) is 0 Å². The predicted octanol–water partition coefficient (Wildman–Crippen LogP) is 3.91. The minimum atomic E-state index is -0.860. The molecule has 2 aromatic rings. The number of nitrogens with one attached hydrogen (secondary N) is 1. The van der Waals surface area contributed by atoms with Gasteiger partial charge in [-0.15, -0.1) is 0 Å². The number of carboxylic acid groups (broad SMARTS) is 1. The molecule has 0 aliphatic carbocycles. The van der Waals surface area contributed by atoms with Crippen molar-refractivity contribution in [3.63, 3.8) is 0 Å². The van der Waals surface area contributed by atoms with Crippen LogP contribution in [0.5, 0.6) is 11.5 Å². The van der Waals surface area contributed by atoms with Gasteiger partial charge in [-0.2, -0.15) is 0 Å². The number of ether oxygens (including phenoxy) is 2. The third-order valence-electron chi connectivity index (χ3n) is 4.01. The number of hydrogen-bond acceptors (Lipinski definition) is 4. The SMILES string of the molecule is CCOc1cc(CN[C@@H](Cc2ccccc2)C(=O)O)ccc1OCC(C)C. The Bertz CT molecular complexity index is 716. The molecule has 0 fully saturated rings. The first-order valence-corrected chi connectivity index (χ1v) is 9.38. The van der Waals surface area contributed by atoms with E-state index in [1.165, 1.54) is 0 Å². The monoisotopic (exact) mass is 371 g/mol. The van der Waals surface area contributed by atoms with E-state index in [9.17, 15) is 9.90 Å². The smallest absolute Gasteiger partial charge is 0.321 e. The summed E-state index contributed by atoms with van der Waals surface area (Å²) < 4.78 is 11.5. The average Bonchev–Trinajstić information content (AvgIpc) is 2.65. The lowest BCUT2D eigenvalue weighted by atomic mass is 10.1. The zero-order valence-corrected chi connectivity index (χ0v) is 16.3. The van der Waals surface area contributed by atoms with Crippen LogP contribution in [0.4, 0.5) is 0 Å². The summed E-state index contributed by atoms with van der Waals surface area (Å²) in [5, 5.41) is 12.6. The van der Waals surface area contributed by atoms with Gasteiger partial charge in [-0.25, -0.2) is 0 Å². The molecule has 2 aromatic carbocycles. The normalized spacial score (nSPS) is 12.0. The lowest BCUT2D eigenvalue weighted by Gasteiger charge is -2.17. The second-order valence-corrected chi connectivity index (χ2v) is 6.88. The van der Waals surface area contributed by atoms with E-state index in [4.69, 9.17) is 9.47 Å². The maximum Gasteiger partial charge on any atom is 0.321 e. The van der Waals surface area contributed by atoms with Gasteiger partial charge in [0.05, 0.1) is 13.2 Å². The van der Waals surface area contributed by atoms with E-state index < -0.39 is 12.0 Å². The molecule has 0 aromatic heterocycles. The van der Waals surface area contributed by atoms with Crippen LogP contribution in [0.1, 0.15) is 31.9 Å². The van der Waals surface area contributed by atoms with Gasteiger partial charge in [-0.1, -0.05) is 50.2 Å². The van der Waals surface area contributed by atoms with Gasteiger partial charge < -0.3 is 19.9 Å². The van der Waals surface area contributed by atoms with Crippen LogP contribution in [0.3, 0.4) is 0 Å². The fraction of sp³-hybridized carbons (Fsp3) is 0.409. The van der Waals surface area contributed by atoms with Crippen molar-refractivity contribution in [2.24, 2.45) is 5.92 Å². The van der Waals surface area contributed by atoms with Crippen LogP contribution in [0.2, 0.25) is 0 Å². The highest BCUT2D eigenvalue weighted by Gasteiger charge is 2.17. The predicted molar refractivity (Wildman–Crippen MR) is 106 cm³/mol. The minimum absolute atomic E-state index is 0.426. The van der Waals surface area contributed by atoms with Gasteiger partial charge in [-0.3, -0.25) is 4.79 Å². The number of hydrogen-bond donors (Lipinski definition) is 2. The first kappa shape index (κ1) is 20.8. The third-order valence-corrected chi connectivity index (χ3v) is 4.01. The fourth-order valence-corrected chi connectivity index (χ4v) is 2.64. The van der Waals surface area contributed by atoms with Crippen LogP contribution in [0.25, 0.3) is 0 Å². The highest BCUT2D eigenvalue weighted by Crippen LogP contribution is 2.29. The van der Waals surface area contributed by atoms with Gasteiger partial charge >= 0.3 is 5.97 Å². The van der Waals surface area contributed by atoms with E-state index in [0.29, 0.717) is 43.6 Å². The molecule has 2 rings (SSSR count). The van der Waals surface area contributed by atoms with E-state index in [0.717, 1.165) is 11.1 Å². The Hall–Kier alpha value is -2.53. The second-order valence-electron chi connectivity index (χ2n) is 6.88. The van der Waals surface area contributed by atoms with Crippen LogP contribution in [-0.4, -0.2) is 30.3 Å². The van der Waals surface area contributed by atoms with Gasteiger partial charge in [-0.05, 0) is 42.5 Å². The van der Waals surface area contributed by atoms with Crippen molar-refractivity contribution in [2.45, 2.75) is 39.8 Å². The maximum absolute atomic E-state index is 11.6. The number of benzene rings is 2. The summed E-state index contributed by atoms with van der Waals surface area (Å²) in [6.45, 7) is 7.72. The molecule has 0 saturated carbocycles. The Morgan fingerprint density at radius 1 is 1.04 bits per heavy atom. The highest BCUT2D eigenvalue weighted by atomic mass is 16.5. The fourth-order valence-electron chi connectivity index (χ4n) is 2.64. The molecule has 5 heteroatoms. The van der Waals surface area contributed by atoms with Crippen molar-refractivity contribution >= 4 is 5.97 Å². The van der Waals surface area contributed by atoms with Gasteiger partial charge in [0.15, 0.2) is 11.5 Å². The first-order valence-electron chi connectivity index (χ1n) is 9.38. The molecule has 0 aliphatic heterocycles. The number of carboxylic acids is 1. The molecule has 0 amide bonds. The summed E-state index contributed by atoms with van der Waals surface area (Å²) in [5.74, 6) is 0.969. The molecule has 27 heavy (non-hydrogen) atoms. The van der Waals surface area contributed by atoms with Gasteiger partial charge in [0, 0.05) is 6.54 Å². The second kappa shape index (κ2) is 10.6. The van der Waals surface area contributed by atoms with Crippen LogP contribution in [-0.2, 0) is 17.8 Å². The van der Waals surface area contributed by atoms with Crippen LogP contribution >= 0.6 is 0 Å². The van der Waals surface area contributed by atoms with Gasteiger partial charge in [0.1, 0.15) is 6.04 Å². The van der Waals surface area contributed by atoms with Crippen molar-refractivity contribution in [3.05, 3.63) is 59.7 Å². The van der Waals surface area contributed by atoms with Crippen LogP contribution < -0.4 is 14.8 Å². The Kier molecular flexibility index (Phi) is 8.14. The van der Waals surface area contributed by atoms with E-state index in [1.807, 2.05) is 55.5 Å². The molecule has 0 radical (unpaired) electrons. The zero-order valence-electron chi connectivity index (χ0n) is 16.3. The molecular weight excluding hydrogens is 342 g/mol. The molecule has 0 bridgehead atoms. The molecule has 0 aliphatic rings. The van der Waals surface area contributed by atoms with Gasteiger partial charge in [0.25, 0.3) is 0 Å². The van der Waals surface area contributed by atoms with Crippen molar-refractivity contribution in [3.8, 4) is 11.5 Å². The molecule has 0 heterocycles. The number of rotatable bonds is 11. The molecule has 146 valence electrons. The zero-order chi connectivity index (χ0) is 19.6. The van der Waals surface area contributed by atoms with Crippen molar-refractivity contribution < 1.29 is 19.4 Å². The molecule has 1 atom stereocenters. The Morgan fingerprint density at radius 3 is 2.41 bits per heavy atom. The summed E-state index contributed by atoms with van der Waals surface area (Å²) in [7, 11) is 0. The third kappa shape index (κ3) is 6.94. The summed E-state index contributed by atoms with van der Waals surface area (Å²) in [5.41, 5.74) is 1.94. The Morgan fingerprint density at radius 2 is 1.78 bits per heavy atom. The summed E-state index contributed by atoms with van der Waals surface area (Å²) in [6, 6.07) is 14.7. The van der Waals surface area contributed by atoms with E-state index in [1.54, 1.807) is 0 Å². The van der Waals surface area contributed by atoms with Crippen LogP contribution in [0, 0.1) is 5.92 Å². The quantitative estimate of drug-likeness (QED) is 0.627. The minimum Gasteiger partial charge on any atom is -0.490 e. The number of aliphatic carboxylic acids is 1. The van der Waals surface area contributed by atoms with Crippen molar-refractivity contribution in [2.75, 3.05) is 13.2 Å². The van der Waals surface area contributed by atoms with Crippen molar-refractivity contribution in [1.82, 2.24) is 5.32 Å². The molecule has 5 nitrogen and oxygen atoms in total. The summed E-state index contributed by atoms with van der Waals surface area (Å²) in [4.78, 5) is 11.6. The lowest BCUT2D eigenvalue weighted by molar-refractivity contribution is -0.139. The standard InChI is InChI=1S/C22H29NO4/c1-4-26-21-13-18(10-11-20(21)27-15-16(2)3)14-23-19(22(24)25)12-17-8-6-5-7-9-17/h5-11,13,16,19,23H,4,12,14-15H2,1-3H3,(H,24,25)/t19-/m0/s1. The topological polar surface area (TPSA) is 67.8 Å². The summed E-state index contributed by atoms with van der Waals surface area (Å²) in [6.07, 6.45) is 0.435. The molecule has 0 spiro atoms. The first-order chi connectivity index (χ1) is 13.0. The summed E-state index contributed by atoms with van der Waals surface area (Å²) >= 11 is 0. The van der Waals surface area contributed by atoms with E-state index in [-0.39, 0.29) is 0 Å². The molecule has 2 N–H and O–H groups in total. The lowest BCUT2D eigenvalue weighted by Crippen LogP contribution is -2.38. The molecule has 0 saturated heterocycles.